The molecule has 0 heterocycles. The van der Waals surface area contributed by atoms with E-state index in [9.17, 15) is 9.59 Å². The molecule has 2 amide bonds. The Balaban J connectivity index is 2.16. The first-order valence-electron chi connectivity index (χ1n) is 10.5. The maximum atomic E-state index is 13.2. The lowest BCUT2D eigenvalue weighted by molar-refractivity contribution is -0.141. The highest BCUT2D eigenvalue weighted by atomic mass is 35.5. The molecule has 1 N–H and O–H groups in total. The largest absolute Gasteiger partial charge is 0.354 e. The maximum absolute atomic E-state index is 13.2. The molecule has 2 rings (SSSR count). The molecular weight excluding hydrogens is 451 g/mol. The number of amides is 2. The van der Waals surface area contributed by atoms with Gasteiger partial charge in [0.2, 0.25) is 11.8 Å². The van der Waals surface area contributed by atoms with Crippen LogP contribution in [-0.2, 0) is 16.1 Å². The lowest BCUT2D eigenvalue weighted by Gasteiger charge is -2.31. The molecule has 0 aromatic heterocycles. The smallest absolute Gasteiger partial charge is 0.242 e. The quantitative estimate of drug-likeness (QED) is 0.397. The molecule has 31 heavy (non-hydrogen) atoms. The highest BCUT2D eigenvalue weighted by molar-refractivity contribution is 7.99. The van der Waals surface area contributed by atoms with E-state index in [1.165, 1.54) is 0 Å². The van der Waals surface area contributed by atoms with E-state index in [4.69, 9.17) is 23.2 Å². The molecule has 0 spiro atoms. The fourth-order valence-electron chi connectivity index (χ4n) is 3.09. The summed E-state index contributed by atoms with van der Waals surface area (Å²) in [5.74, 6) is 0.766. The zero-order valence-electron chi connectivity index (χ0n) is 18.2. The standard InChI is InChI=1S/C24H30Cl2N2O2S/c1-4-22(24(30)27-15-17(2)3)28(16-18-10-11-19(25)14-21(18)26)23(29)12-13-31-20-8-6-5-7-9-20/h5-11,14,17,22H,4,12-13,15-16H2,1-3H3,(H,27,30)/t22-/m1/s1. The van der Waals surface area contributed by atoms with Gasteiger partial charge in [0.25, 0.3) is 0 Å². The van der Waals surface area contributed by atoms with E-state index in [1.54, 1.807) is 28.8 Å². The van der Waals surface area contributed by atoms with Gasteiger partial charge in [-0.15, -0.1) is 11.8 Å². The third kappa shape index (κ3) is 8.40. The second-order valence-corrected chi connectivity index (χ2v) is 9.74. The van der Waals surface area contributed by atoms with Crippen molar-refractivity contribution >= 4 is 46.8 Å². The average molecular weight is 481 g/mol. The van der Waals surface area contributed by atoms with E-state index in [0.29, 0.717) is 41.1 Å². The molecule has 2 aromatic rings. The normalized spacial score (nSPS) is 11.9. The van der Waals surface area contributed by atoms with Crippen LogP contribution in [0.25, 0.3) is 0 Å². The fourth-order valence-corrected chi connectivity index (χ4v) is 4.42. The molecule has 2 aromatic carbocycles. The second-order valence-electron chi connectivity index (χ2n) is 7.73. The summed E-state index contributed by atoms with van der Waals surface area (Å²) < 4.78 is 0. The van der Waals surface area contributed by atoms with Gasteiger partial charge < -0.3 is 10.2 Å². The summed E-state index contributed by atoms with van der Waals surface area (Å²) in [6.45, 7) is 6.83. The molecule has 168 valence electrons. The average Bonchev–Trinajstić information content (AvgIpc) is 2.74. The van der Waals surface area contributed by atoms with Gasteiger partial charge in [-0.2, -0.15) is 0 Å². The van der Waals surface area contributed by atoms with E-state index in [-0.39, 0.29) is 18.4 Å². The number of nitrogens with one attached hydrogen (secondary N) is 1. The van der Waals surface area contributed by atoms with Gasteiger partial charge in [-0.1, -0.05) is 68.2 Å². The summed E-state index contributed by atoms with van der Waals surface area (Å²) in [6.07, 6.45) is 0.853. The summed E-state index contributed by atoms with van der Waals surface area (Å²) >= 11 is 14.0. The van der Waals surface area contributed by atoms with Gasteiger partial charge in [0.1, 0.15) is 6.04 Å². The summed E-state index contributed by atoms with van der Waals surface area (Å²) in [5, 5.41) is 3.99. The summed E-state index contributed by atoms with van der Waals surface area (Å²) in [7, 11) is 0. The van der Waals surface area contributed by atoms with Crippen LogP contribution in [0.15, 0.2) is 53.4 Å². The Morgan fingerprint density at radius 2 is 1.81 bits per heavy atom. The molecule has 1 atom stereocenters. The van der Waals surface area contributed by atoms with Crippen molar-refractivity contribution in [2.75, 3.05) is 12.3 Å². The second kappa shape index (κ2) is 13.0. The first-order valence-corrected chi connectivity index (χ1v) is 12.2. The molecule has 0 fully saturated rings. The zero-order valence-corrected chi connectivity index (χ0v) is 20.6. The van der Waals surface area contributed by atoms with Crippen LogP contribution in [0, 0.1) is 5.92 Å². The molecule has 0 aliphatic rings. The lowest BCUT2D eigenvalue weighted by Crippen LogP contribution is -2.49. The molecule has 0 unspecified atom stereocenters. The first-order chi connectivity index (χ1) is 14.8. The van der Waals surface area contributed by atoms with Crippen molar-refractivity contribution in [2.24, 2.45) is 5.92 Å². The number of benzene rings is 2. The van der Waals surface area contributed by atoms with Crippen molar-refractivity contribution in [1.29, 1.82) is 0 Å². The number of hydrogen-bond acceptors (Lipinski definition) is 3. The predicted molar refractivity (Wildman–Crippen MR) is 131 cm³/mol. The number of carbonyl (C=O) groups is 2. The number of halogens is 2. The number of nitrogens with zero attached hydrogens (tertiary/aromatic N) is 1. The van der Waals surface area contributed by atoms with Crippen LogP contribution in [0.5, 0.6) is 0 Å². The Hall–Kier alpha value is -1.69. The SMILES string of the molecule is CC[C@H](C(=O)NCC(C)C)N(Cc1ccc(Cl)cc1Cl)C(=O)CCSc1ccccc1. The van der Waals surface area contributed by atoms with Gasteiger partial charge in [-0.05, 0) is 42.2 Å². The van der Waals surface area contributed by atoms with Crippen LogP contribution in [0.1, 0.15) is 39.2 Å². The number of hydrogen-bond donors (Lipinski definition) is 1. The number of rotatable bonds is 11. The third-order valence-corrected chi connectivity index (χ3v) is 6.35. The van der Waals surface area contributed by atoms with Crippen molar-refractivity contribution in [2.45, 2.75) is 51.1 Å². The Kier molecular flexibility index (Phi) is 10.7. The van der Waals surface area contributed by atoms with Gasteiger partial charge in [0.05, 0.1) is 0 Å². The van der Waals surface area contributed by atoms with Gasteiger partial charge in [-0.3, -0.25) is 9.59 Å². The van der Waals surface area contributed by atoms with Crippen LogP contribution in [0.4, 0.5) is 0 Å². The molecule has 0 saturated heterocycles. The van der Waals surface area contributed by atoms with E-state index in [0.717, 1.165) is 10.5 Å². The molecule has 0 aliphatic carbocycles. The van der Waals surface area contributed by atoms with Crippen LogP contribution in [-0.4, -0.2) is 35.1 Å². The first kappa shape index (κ1) is 25.6. The van der Waals surface area contributed by atoms with Crippen molar-refractivity contribution in [3.8, 4) is 0 Å². The zero-order chi connectivity index (χ0) is 22.8. The molecule has 0 saturated carbocycles. The van der Waals surface area contributed by atoms with Gasteiger partial charge >= 0.3 is 0 Å². The summed E-state index contributed by atoms with van der Waals surface area (Å²) in [4.78, 5) is 28.9. The van der Waals surface area contributed by atoms with Crippen molar-refractivity contribution in [1.82, 2.24) is 10.2 Å². The minimum Gasteiger partial charge on any atom is -0.354 e. The van der Waals surface area contributed by atoms with Gasteiger partial charge in [0, 0.05) is 40.2 Å². The molecular formula is C24H30Cl2N2O2S. The Morgan fingerprint density at radius 3 is 2.42 bits per heavy atom. The fraction of sp³-hybridized carbons (Fsp3) is 0.417. The van der Waals surface area contributed by atoms with E-state index in [1.807, 2.05) is 57.2 Å². The van der Waals surface area contributed by atoms with Crippen LogP contribution in [0.3, 0.4) is 0 Å². The molecule has 0 aliphatic heterocycles. The van der Waals surface area contributed by atoms with Gasteiger partial charge in [0.15, 0.2) is 0 Å². The third-order valence-electron chi connectivity index (χ3n) is 4.75. The van der Waals surface area contributed by atoms with Crippen LogP contribution < -0.4 is 5.32 Å². The topological polar surface area (TPSA) is 49.4 Å². The molecule has 0 bridgehead atoms. The van der Waals surface area contributed by atoms with Crippen LogP contribution in [0.2, 0.25) is 10.0 Å². The lowest BCUT2D eigenvalue weighted by atomic mass is 10.1. The Bertz CT molecular complexity index is 862. The highest BCUT2D eigenvalue weighted by Crippen LogP contribution is 2.25. The maximum Gasteiger partial charge on any atom is 0.242 e. The Morgan fingerprint density at radius 1 is 1.10 bits per heavy atom. The van der Waals surface area contributed by atoms with Crippen LogP contribution >= 0.6 is 35.0 Å². The summed E-state index contributed by atoms with van der Waals surface area (Å²) in [5.41, 5.74) is 0.769. The molecule has 7 heteroatoms. The predicted octanol–water partition coefficient (Wildman–Crippen LogP) is 6.06. The number of carbonyl (C=O) groups excluding carboxylic acids is 2. The highest BCUT2D eigenvalue weighted by Gasteiger charge is 2.28. The van der Waals surface area contributed by atoms with E-state index in [2.05, 4.69) is 5.32 Å². The minimum atomic E-state index is -0.556. The number of thioether (sulfide) groups is 1. The van der Waals surface area contributed by atoms with Gasteiger partial charge in [-0.25, -0.2) is 0 Å². The summed E-state index contributed by atoms with van der Waals surface area (Å²) in [6, 6.07) is 14.6. The minimum absolute atomic E-state index is 0.0685. The monoisotopic (exact) mass is 480 g/mol. The molecule has 0 radical (unpaired) electrons. The van der Waals surface area contributed by atoms with E-state index >= 15 is 0 Å². The van der Waals surface area contributed by atoms with Crippen molar-refractivity contribution in [3.05, 3.63) is 64.1 Å². The Labute approximate surface area is 199 Å². The van der Waals surface area contributed by atoms with Crippen molar-refractivity contribution in [3.63, 3.8) is 0 Å². The molecule has 4 nitrogen and oxygen atoms in total. The van der Waals surface area contributed by atoms with E-state index < -0.39 is 6.04 Å². The van der Waals surface area contributed by atoms with Crippen molar-refractivity contribution < 1.29 is 9.59 Å².